The number of hydrogen-bond donors (Lipinski definition) is 0. The molecule has 0 aromatic rings. The van der Waals surface area contributed by atoms with Crippen molar-refractivity contribution >= 4 is 17.9 Å². The first-order valence-corrected chi connectivity index (χ1v) is 7.09. The highest BCUT2D eigenvalue weighted by atomic mass is 16.6. The second-order valence-corrected chi connectivity index (χ2v) is 5.07. The van der Waals surface area contributed by atoms with Crippen molar-refractivity contribution in [3.8, 4) is 0 Å². The molecule has 0 fully saturated rings. The Kier molecular flexibility index (Phi) is 8.82. The minimum absolute atomic E-state index is 0.234. The summed E-state index contributed by atoms with van der Waals surface area (Å²) < 4.78 is 15.2. The molecule has 0 aliphatic heterocycles. The standard InChI is InChI=1S/C16H24O6/c1-6-9-20-15(19)16(12(4)5,10-21-13(17)7-2)11-22-14(18)8-3/h7-8,12H,2-3,6,9-11H2,1,4-5H3. The summed E-state index contributed by atoms with van der Waals surface area (Å²) in [5.41, 5.74) is -1.27. The predicted octanol–water partition coefficient (Wildman–Crippen LogP) is 2.04. The van der Waals surface area contributed by atoms with Gasteiger partial charge in [-0.1, -0.05) is 33.9 Å². The highest BCUT2D eigenvalue weighted by molar-refractivity contribution is 5.83. The molecule has 0 spiro atoms. The Bertz CT molecular complexity index is 400. The molecule has 0 saturated carbocycles. The van der Waals surface area contributed by atoms with Gasteiger partial charge < -0.3 is 14.2 Å². The third-order valence-corrected chi connectivity index (χ3v) is 3.23. The number of carbonyl (C=O) groups excluding carboxylic acids is 3. The van der Waals surface area contributed by atoms with Crippen molar-refractivity contribution < 1.29 is 28.6 Å². The molecule has 6 nitrogen and oxygen atoms in total. The van der Waals surface area contributed by atoms with Gasteiger partial charge in [0.2, 0.25) is 0 Å². The van der Waals surface area contributed by atoms with Crippen LogP contribution >= 0.6 is 0 Å². The van der Waals surface area contributed by atoms with Gasteiger partial charge in [0, 0.05) is 12.2 Å². The molecule has 0 saturated heterocycles. The monoisotopic (exact) mass is 312 g/mol. The Balaban J connectivity index is 5.28. The molecule has 0 aromatic heterocycles. The first-order valence-electron chi connectivity index (χ1n) is 7.09. The molecule has 0 heterocycles. The summed E-state index contributed by atoms with van der Waals surface area (Å²) in [7, 11) is 0. The Morgan fingerprint density at radius 2 is 1.45 bits per heavy atom. The van der Waals surface area contributed by atoms with Crippen LogP contribution in [0.15, 0.2) is 25.3 Å². The molecule has 0 atom stereocenters. The Morgan fingerprint density at radius 3 is 1.77 bits per heavy atom. The summed E-state index contributed by atoms with van der Waals surface area (Å²) in [6.07, 6.45) is 2.65. The summed E-state index contributed by atoms with van der Waals surface area (Å²) >= 11 is 0. The molecule has 0 N–H and O–H groups in total. The van der Waals surface area contributed by atoms with Crippen LogP contribution in [0.4, 0.5) is 0 Å². The number of carbonyl (C=O) groups is 3. The fourth-order valence-corrected chi connectivity index (χ4v) is 1.58. The van der Waals surface area contributed by atoms with E-state index in [0.29, 0.717) is 6.42 Å². The zero-order chi connectivity index (χ0) is 17.2. The third kappa shape index (κ3) is 5.71. The van der Waals surface area contributed by atoms with E-state index in [1.54, 1.807) is 13.8 Å². The van der Waals surface area contributed by atoms with Crippen molar-refractivity contribution in [1.29, 1.82) is 0 Å². The fourth-order valence-electron chi connectivity index (χ4n) is 1.58. The van der Waals surface area contributed by atoms with Crippen molar-refractivity contribution in [1.82, 2.24) is 0 Å². The van der Waals surface area contributed by atoms with Crippen molar-refractivity contribution in [2.45, 2.75) is 27.2 Å². The fraction of sp³-hybridized carbons (Fsp3) is 0.562. The molecular weight excluding hydrogens is 288 g/mol. The summed E-state index contributed by atoms with van der Waals surface area (Å²) in [5.74, 6) is -2.18. The van der Waals surface area contributed by atoms with Gasteiger partial charge in [-0.25, -0.2) is 9.59 Å². The van der Waals surface area contributed by atoms with Crippen LogP contribution in [-0.4, -0.2) is 37.7 Å². The van der Waals surface area contributed by atoms with Crippen LogP contribution < -0.4 is 0 Å². The van der Waals surface area contributed by atoms with E-state index in [9.17, 15) is 14.4 Å². The van der Waals surface area contributed by atoms with Gasteiger partial charge >= 0.3 is 17.9 Å². The Morgan fingerprint density at radius 1 is 1.00 bits per heavy atom. The molecule has 0 aliphatic carbocycles. The second-order valence-electron chi connectivity index (χ2n) is 5.07. The SMILES string of the molecule is C=CC(=O)OCC(COC(=O)C=C)(C(=O)OCCC)C(C)C. The molecule has 0 aromatic carbocycles. The van der Waals surface area contributed by atoms with Crippen LogP contribution in [-0.2, 0) is 28.6 Å². The lowest BCUT2D eigenvalue weighted by Crippen LogP contribution is -2.47. The quantitative estimate of drug-likeness (QED) is 0.349. The van der Waals surface area contributed by atoms with Crippen molar-refractivity contribution in [3.63, 3.8) is 0 Å². The van der Waals surface area contributed by atoms with Gasteiger partial charge in [-0.05, 0) is 12.3 Å². The Hall–Kier alpha value is -2.11. The maximum atomic E-state index is 12.4. The topological polar surface area (TPSA) is 78.9 Å². The molecule has 6 heteroatoms. The van der Waals surface area contributed by atoms with Crippen LogP contribution in [0.25, 0.3) is 0 Å². The lowest BCUT2D eigenvalue weighted by atomic mass is 9.78. The van der Waals surface area contributed by atoms with Crippen LogP contribution in [0.5, 0.6) is 0 Å². The highest BCUT2D eigenvalue weighted by Crippen LogP contribution is 2.31. The van der Waals surface area contributed by atoms with Crippen LogP contribution in [0, 0.1) is 11.3 Å². The Labute approximate surface area is 131 Å². The van der Waals surface area contributed by atoms with E-state index >= 15 is 0 Å². The second kappa shape index (κ2) is 9.76. The average molecular weight is 312 g/mol. The third-order valence-electron chi connectivity index (χ3n) is 3.23. The zero-order valence-corrected chi connectivity index (χ0v) is 13.4. The van der Waals surface area contributed by atoms with Crippen molar-refractivity contribution in [2.24, 2.45) is 11.3 Å². The number of hydrogen-bond acceptors (Lipinski definition) is 6. The summed E-state index contributed by atoms with van der Waals surface area (Å²) in [6, 6.07) is 0. The van der Waals surface area contributed by atoms with E-state index in [1.165, 1.54) is 0 Å². The van der Waals surface area contributed by atoms with Gasteiger partial charge in [-0.3, -0.25) is 4.79 Å². The molecule has 0 rings (SSSR count). The number of ether oxygens (including phenoxy) is 3. The van der Waals surface area contributed by atoms with Gasteiger partial charge in [0.1, 0.15) is 18.6 Å². The van der Waals surface area contributed by atoms with E-state index in [4.69, 9.17) is 14.2 Å². The largest absolute Gasteiger partial charge is 0.465 e. The first-order chi connectivity index (χ1) is 10.3. The maximum Gasteiger partial charge on any atom is 0.330 e. The lowest BCUT2D eigenvalue weighted by molar-refractivity contribution is -0.174. The summed E-state index contributed by atoms with van der Waals surface area (Å²) in [4.78, 5) is 35.0. The summed E-state index contributed by atoms with van der Waals surface area (Å²) in [5, 5.41) is 0. The van der Waals surface area contributed by atoms with Crippen LogP contribution in [0.2, 0.25) is 0 Å². The molecule has 0 aliphatic rings. The highest BCUT2D eigenvalue weighted by Gasteiger charge is 2.46. The predicted molar refractivity (Wildman–Crippen MR) is 80.8 cm³/mol. The average Bonchev–Trinajstić information content (AvgIpc) is 2.51. The molecule has 0 amide bonds. The van der Waals surface area contributed by atoms with E-state index in [1.807, 2.05) is 6.92 Å². The smallest absolute Gasteiger partial charge is 0.330 e. The van der Waals surface area contributed by atoms with Crippen LogP contribution in [0.3, 0.4) is 0 Å². The van der Waals surface area contributed by atoms with Gasteiger partial charge in [-0.15, -0.1) is 0 Å². The lowest BCUT2D eigenvalue weighted by Gasteiger charge is -2.33. The molecule has 22 heavy (non-hydrogen) atoms. The van der Waals surface area contributed by atoms with E-state index in [0.717, 1.165) is 12.2 Å². The van der Waals surface area contributed by atoms with E-state index in [-0.39, 0.29) is 25.7 Å². The zero-order valence-electron chi connectivity index (χ0n) is 13.4. The van der Waals surface area contributed by atoms with Gasteiger partial charge in [0.15, 0.2) is 0 Å². The normalized spacial score (nSPS) is 10.7. The molecule has 0 unspecified atom stereocenters. The maximum absolute atomic E-state index is 12.4. The van der Waals surface area contributed by atoms with Crippen molar-refractivity contribution in [2.75, 3.05) is 19.8 Å². The molecular formula is C16H24O6. The van der Waals surface area contributed by atoms with E-state index < -0.39 is 23.3 Å². The molecule has 0 radical (unpaired) electrons. The molecule has 124 valence electrons. The minimum Gasteiger partial charge on any atom is -0.465 e. The van der Waals surface area contributed by atoms with Gasteiger partial charge in [0.05, 0.1) is 6.61 Å². The van der Waals surface area contributed by atoms with E-state index in [2.05, 4.69) is 13.2 Å². The number of esters is 3. The summed E-state index contributed by atoms with van der Waals surface area (Å²) in [6.45, 7) is 11.7. The molecule has 0 bridgehead atoms. The number of rotatable bonds is 10. The first kappa shape index (κ1) is 19.9. The van der Waals surface area contributed by atoms with Crippen molar-refractivity contribution in [3.05, 3.63) is 25.3 Å². The minimum atomic E-state index is -1.27. The van der Waals surface area contributed by atoms with Crippen LogP contribution in [0.1, 0.15) is 27.2 Å². The van der Waals surface area contributed by atoms with Gasteiger partial charge in [0.25, 0.3) is 0 Å². The van der Waals surface area contributed by atoms with Gasteiger partial charge in [-0.2, -0.15) is 0 Å².